The van der Waals surface area contributed by atoms with Crippen molar-refractivity contribution < 1.29 is 4.79 Å². The molecule has 0 saturated heterocycles. The first kappa shape index (κ1) is 18.2. The van der Waals surface area contributed by atoms with Gasteiger partial charge in [0.05, 0.1) is 23.3 Å². The number of nitrogens with one attached hydrogen (secondary N) is 1. The Bertz CT molecular complexity index is 907. The lowest BCUT2D eigenvalue weighted by Crippen LogP contribution is -2.25. The average Bonchev–Trinajstić information content (AvgIpc) is 3.29. The topological polar surface area (TPSA) is 72.7 Å². The van der Waals surface area contributed by atoms with Crippen molar-refractivity contribution in [3.05, 3.63) is 58.1 Å². The van der Waals surface area contributed by atoms with E-state index in [4.69, 9.17) is 0 Å². The maximum atomic E-state index is 12.8. The van der Waals surface area contributed by atoms with Crippen molar-refractivity contribution in [2.45, 2.75) is 49.4 Å². The highest BCUT2D eigenvalue weighted by Gasteiger charge is 2.17. The zero-order valence-electron chi connectivity index (χ0n) is 14.9. The summed E-state index contributed by atoms with van der Waals surface area (Å²) in [6.07, 6.45) is 4.49. The molecule has 1 aliphatic rings. The van der Waals surface area contributed by atoms with Crippen molar-refractivity contribution in [3.8, 4) is 0 Å². The van der Waals surface area contributed by atoms with Gasteiger partial charge in [-0.1, -0.05) is 18.6 Å². The maximum absolute atomic E-state index is 12.8. The second-order valence-corrected chi connectivity index (χ2v) is 8.18. The Kier molecular flexibility index (Phi) is 5.84. The number of benzene rings is 1. The number of thiazole rings is 1. The molecule has 0 saturated carbocycles. The van der Waals surface area contributed by atoms with Crippen LogP contribution < -0.4 is 5.32 Å². The number of rotatable bonds is 6. The predicted molar refractivity (Wildman–Crippen MR) is 107 cm³/mol. The van der Waals surface area contributed by atoms with Crippen LogP contribution in [0.4, 0.5) is 0 Å². The van der Waals surface area contributed by atoms with Crippen molar-refractivity contribution in [1.29, 1.82) is 0 Å². The molecule has 0 atom stereocenters. The van der Waals surface area contributed by atoms with Gasteiger partial charge in [0.2, 0.25) is 0 Å². The van der Waals surface area contributed by atoms with Crippen LogP contribution in [-0.4, -0.2) is 25.7 Å². The SMILES string of the molecule is O=C(NCc1nnc2n1CCCCC2)c1ccccc1SCc1cscn1. The van der Waals surface area contributed by atoms with Crippen LogP contribution in [0.25, 0.3) is 0 Å². The Hall–Kier alpha value is -2.19. The first-order chi connectivity index (χ1) is 13.3. The fraction of sp³-hybridized carbons (Fsp3) is 0.368. The minimum absolute atomic E-state index is 0.0812. The number of fused-ring (bicyclic) bond motifs is 1. The summed E-state index contributed by atoms with van der Waals surface area (Å²) in [4.78, 5) is 18.0. The standard InChI is InChI=1S/C19H21N5OS2/c25-19(20-10-18-23-22-17-8-2-1-5-9-24(17)18)15-6-3-4-7-16(15)27-12-14-11-26-13-21-14/h3-4,6-7,11,13H,1-2,5,8-10,12H2,(H,20,25). The van der Waals surface area contributed by atoms with E-state index in [2.05, 4.69) is 25.1 Å². The van der Waals surface area contributed by atoms with E-state index < -0.39 is 0 Å². The molecule has 4 rings (SSSR count). The quantitative estimate of drug-likeness (QED) is 0.640. The molecule has 140 valence electrons. The fourth-order valence-electron chi connectivity index (χ4n) is 3.17. The van der Waals surface area contributed by atoms with E-state index >= 15 is 0 Å². The Morgan fingerprint density at radius 1 is 1.22 bits per heavy atom. The minimum atomic E-state index is -0.0812. The van der Waals surface area contributed by atoms with Gasteiger partial charge in [0.25, 0.3) is 5.91 Å². The number of hydrogen-bond donors (Lipinski definition) is 1. The molecule has 1 aliphatic heterocycles. The number of amides is 1. The number of aryl methyl sites for hydroxylation is 1. The first-order valence-electron chi connectivity index (χ1n) is 9.09. The lowest BCUT2D eigenvalue weighted by molar-refractivity contribution is 0.0946. The van der Waals surface area contributed by atoms with Crippen LogP contribution in [0.5, 0.6) is 0 Å². The number of aromatic nitrogens is 4. The summed E-state index contributed by atoms with van der Waals surface area (Å²) in [5.74, 6) is 2.55. The first-order valence-corrected chi connectivity index (χ1v) is 11.0. The highest BCUT2D eigenvalue weighted by atomic mass is 32.2. The summed E-state index contributed by atoms with van der Waals surface area (Å²) >= 11 is 3.22. The minimum Gasteiger partial charge on any atom is -0.345 e. The summed E-state index contributed by atoms with van der Waals surface area (Å²) < 4.78 is 2.16. The summed E-state index contributed by atoms with van der Waals surface area (Å²) in [6.45, 7) is 1.34. The van der Waals surface area contributed by atoms with Crippen molar-refractivity contribution in [1.82, 2.24) is 25.1 Å². The van der Waals surface area contributed by atoms with Crippen LogP contribution in [0.15, 0.2) is 40.1 Å². The highest BCUT2D eigenvalue weighted by Crippen LogP contribution is 2.26. The van der Waals surface area contributed by atoms with Crippen LogP contribution in [0, 0.1) is 0 Å². The van der Waals surface area contributed by atoms with Crippen LogP contribution in [0.1, 0.15) is 47.0 Å². The third kappa shape index (κ3) is 4.39. The molecule has 6 nitrogen and oxygen atoms in total. The van der Waals surface area contributed by atoms with Crippen LogP contribution in [0.3, 0.4) is 0 Å². The fourth-order valence-corrected chi connectivity index (χ4v) is 4.79. The Morgan fingerprint density at radius 3 is 3.04 bits per heavy atom. The zero-order valence-corrected chi connectivity index (χ0v) is 16.6. The van der Waals surface area contributed by atoms with Gasteiger partial charge in [-0.25, -0.2) is 4.98 Å². The monoisotopic (exact) mass is 399 g/mol. The van der Waals surface area contributed by atoms with Crippen LogP contribution >= 0.6 is 23.1 Å². The lowest BCUT2D eigenvalue weighted by atomic mass is 10.2. The lowest BCUT2D eigenvalue weighted by Gasteiger charge is -2.10. The number of carbonyl (C=O) groups excluding carboxylic acids is 1. The van der Waals surface area contributed by atoms with Crippen molar-refractivity contribution in [3.63, 3.8) is 0 Å². The smallest absolute Gasteiger partial charge is 0.252 e. The second kappa shape index (κ2) is 8.67. The molecular formula is C19H21N5OS2. The number of thioether (sulfide) groups is 1. The molecule has 0 aliphatic carbocycles. The van der Waals surface area contributed by atoms with Gasteiger partial charge in [0.15, 0.2) is 5.82 Å². The van der Waals surface area contributed by atoms with Gasteiger partial charge in [-0.3, -0.25) is 4.79 Å². The van der Waals surface area contributed by atoms with E-state index in [9.17, 15) is 4.79 Å². The van der Waals surface area contributed by atoms with E-state index in [1.165, 1.54) is 6.42 Å². The largest absolute Gasteiger partial charge is 0.345 e. The Balaban J connectivity index is 1.42. The third-order valence-electron chi connectivity index (χ3n) is 4.58. The molecule has 3 heterocycles. The molecule has 3 aromatic rings. The Morgan fingerprint density at radius 2 is 2.15 bits per heavy atom. The molecule has 1 amide bonds. The normalized spacial score (nSPS) is 13.8. The summed E-state index contributed by atoms with van der Waals surface area (Å²) in [6, 6.07) is 7.70. The van der Waals surface area contributed by atoms with E-state index in [1.807, 2.05) is 35.2 Å². The molecule has 2 aromatic heterocycles. The van der Waals surface area contributed by atoms with E-state index in [0.717, 1.165) is 53.8 Å². The maximum Gasteiger partial charge on any atom is 0.252 e. The van der Waals surface area contributed by atoms with E-state index in [-0.39, 0.29) is 5.91 Å². The number of carbonyl (C=O) groups is 1. The van der Waals surface area contributed by atoms with Crippen LogP contribution in [0.2, 0.25) is 0 Å². The number of nitrogens with zero attached hydrogens (tertiary/aromatic N) is 4. The molecular weight excluding hydrogens is 378 g/mol. The number of hydrogen-bond acceptors (Lipinski definition) is 6. The average molecular weight is 400 g/mol. The van der Waals surface area contributed by atoms with Gasteiger partial charge in [-0.2, -0.15) is 0 Å². The highest BCUT2D eigenvalue weighted by molar-refractivity contribution is 7.98. The molecule has 27 heavy (non-hydrogen) atoms. The Labute approximate surface area is 166 Å². The molecule has 0 radical (unpaired) electrons. The van der Waals surface area contributed by atoms with E-state index in [1.54, 1.807) is 23.1 Å². The van der Waals surface area contributed by atoms with Gasteiger partial charge in [-0.15, -0.1) is 33.3 Å². The molecule has 8 heteroatoms. The molecule has 0 fully saturated rings. The summed E-state index contributed by atoms with van der Waals surface area (Å²) in [7, 11) is 0. The van der Waals surface area contributed by atoms with Gasteiger partial charge in [0, 0.05) is 29.0 Å². The third-order valence-corrected chi connectivity index (χ3v) is 6.33. The second-order valence-electron chi connectivity index (χ2n) is 6.44. The molecule has 1 N–H and O–H groups in total. The van der Waals surface area contributed by atoms with Gasteiger partial charge < -0.3 is 9.88 Å². The molecule has 0 bridgehead atoms. The van der Waals surface area contributed by atoms with Gasteiger partial charge in [-0.05, 0) is 25.0 Å². The molecule has 0 unspecified atom stereocenters. The summed E-state index contributed by atoms with van der Waals surface area (Å²) in [5, 5.41) is 13.6. The van der Waals surface area contributed by atoms with Gasteiger partial charge in [0.1, 0.15) is 5.82 Å². The van der Waals surface area contributed by atoms with Crippen molar-refractivity contribution >= 4 is 29.0 Å². The predicted octanol–water partition coefficient (Wildman–Crippen LogP) is 3.68. The summed E-state index contributed by atoms with van der Waals surface area (Å²) in [5.41, 5.74) is 3.55. The molecule has 1 aromatic carbocycles. The van der Waals surface area contributed by atoms with Crippen molar-refractivity contribution in [2.24, 2.45) is 0 Å². The zero-order chi connectivity index (χ0) is 18.5. The van der Waals surface area contributed by atoms with Crippen LogP contribution in [-0.2, 0) is 25.3 Å². The van der Waals surface area contributed by atoms with Crippen molar-refractivity contribution in [2.75, 3.05) is 0 Å². The molecule has 0 spiro atoms. The van der Waals surface area contributed by atoms with E-state index in [0.29, 0.717) is 12.1 Å². The van der Waals surface area contributed by atoms with Gasteiger partial charge >= 0.3 is 0 Å².